The number of alkyl halides is 1. The summed E-state index contributed by atoms with van der Waals surface area (Å²) in [5.41, 5.74) is 0. The first kappa shape index (κ1) is 7.31. The number of halogens is 1. The Bertz CT molecular complexity index is 126. The quantitative estimate of drug-likeness (QED) is 0.515. The molecule has 3 heteroatoms. The summed E-state index contributed by atoms with van der Waals surface area (Å²) in [7, 11) is 0. The fourth-order valence-corrected chi connectivity index (χ4v) is 3.21. The van der Waals surface area contributed by atoms with Crippen molar-refractivity contribution in [2.45, 2.75) is 29.0 Å². The predicted molar refractivity (Wildman–Crippen MR) is 46.3 cm³/mol. The maximum atomic E-state index is 9.48. The van der Waals surface area contributed by atoms with Crippen LogP contribution in [0.15, 0.2) is 0 Å². The van der Waals surface area contributed by atoms with Crippen LogP contribution in [0.2, 0.25) is 0 Å². The number of hydrogen-bond donors (Lipinski definition) is 1. The van der Waals surface area contributed by atoms with Gasteiger partial charge in [-0.2, -0.15) is 0 Å². The van der Waals surface area contributed by atoms with Crippen LogP contribution in [0.4, 0.5) is 0 Å². The summed E-state index contributed by atoms with van der Waals surface area (Å²) in [6, 6.07) is 0. The molecule has 1 heterocycles. The monoisotopic (exact) mass is 254 g/mol. The smallest absolute Gasteiger partial charge is 0.0747 e. The Labute approximate surface area is 74.1 Å². The second-order valence-electron chi connectivity index (χ2n) is 3.11. The number of aliphatic hydroxyl groups excluding tert-OH is 1. The van der Waals surface area contributed by atoms with Gasteiger partial charge in [-0.25, -0.2) is 0 Å². The number of hydrogen-bond acceptors (Lipinski definition) is 2. The van der Waals surface area contributed by atoms with Gasteiger partial charge in [-0.15, -0.1) is 0 Å². The average Bonchev–Trinajstić information content (AvgIpc) is 2.39. The van der Waals surface area contributed by atoms with Crippen LogP contribution in [0.1, 0.15) is 12.8 Å². The van der Waals surface area contributed by atoms with E-state index in [0.717, 1.165) is 19.4 Å². The van der Waals surface area contributed by atoms with Crippen LogP contribution in [0, 0.1) is 5.92 Å². The number of fused-ring (bicyclic) bond motifs is 1. The maximum absolute atomic E-state index is 9.48. The van der Waals surface area contributed by atoms with Crippen molar-refractivity contribution >= 4 is 22.6 Å². The summed E-state index contributed by atoms with van der Waals surface area (Å²) in [5, 5.41) is 9.48. The highest BCUT2D eigenvalue weighted by molar-refractivity contribution is 14.1. The topological polar surface area (TPSA) is 29.5 Å². The van der Waals surface area contributed by atoms with Crippen LogP contribution in [-0.4, -0.2) is 27.8 Å². The Hall–Kier alpha value is 0.650. The van der Waals surface area contributed by atoms with Gasteiger partial charge in [0.05, 0.1) is 12.2 Å². The highest BCUT2D eigenvalue weighted by Gasteiger charge is 2.44. The van der Waals surface area contributed by atoms with E-state index in [4.69, 9.17) is 4.74 Å². The van der Waals surface area contributed by atoms with Gasteiger partial charge in [-0.05, 0) is 12.8 Å². The van der Waals surface area contributed by atoms with Crippen LogP contribution in [0.3, 0.4) is 0 Å². The van der Waals surface area contributed by atoms with Gasteiger partial charge in [-0.1, -0.05) is 22.6 Å². The van der Waals surface area contributed by atoms with Gasteiger partial charge in [0.1, 0.15) is 0 Å². The Morgan fingerprint density at radius 3 is 3.00 bits per heavy atom. The molecule has 0 spiro atoms. The van der Waals surface area contributed by atoms with E-state index in [9.17, 15) is 5.11 Å². The van der Waals surface area contributed by atoms with E-state index in [1.54, 1.807) is 0 Å². The molecule has 1 N–H and O–H groups in total. The lowest BCUT2D eigenvalue weighted by atomic mass is 10.0. The van der Waals surface area contributed by atoms with E-state index in [1.807, 2.05) is 0 Å². The van der Waals surface area contributed by atoms with Crippen molar-refractivity contribution in [2.75, 3.05) is 6.61 Å². The normalized spacial score (nSPS) is 53.4. The molecule has 0 bridgehead atoms. The lowest BCUT2D eigenvalue weighted by Crippen LogP contribution is -2.20. The lowest BCUT2D eigenvalue weighted by Gasteiger charge is -2.11. The summed E-state index contributed by atoms with van der Waals surface area (Å²) in [4.78, 5) is 0. The lowest BCUT2D eigenvalue weighted by molar-refractivity contribution is 0.0862. The highest BCUT2D eigenvalue weighted by Crippen LogP contribution is 2.39. The zero-order valence-electron chi connectivity index (χ0n) is 5.66. The van der Waals surface area contributed by atoms with Crippen molar-refractivity contribution in [1.29, 1.82) is 0 Å². The molecule has 4 atom stereocenters. The van der Waals surface area contributed by atoms with E-state index in [2.05, 4.69) is 22.6 Å². The maximum Gasteiger partial charge on any atom is 0.0747 e. The van der Waals surface area contributed by atoms with Crippen molar-refractivity contribution in [1.82, 2.24) is 0 Å². The molecule has 1 saturated carbocycles. The molecule has 0 amide bonds. The molecule has 0 aromatic carbocycles. The third kappa shape index (κ3) is 0.987. The minimum Gasteiger partial charge on any atom is -0.393 e. The largest absolute Gasteiger partial charge is 0.393 e. The van der Waals surface area contributed by atoms with Crippen LogP contribution >= 0.6 is 22.6 Å². The molecule has 2 rings (SSSR count). The molecule has 1 saturated heterocycles. The molecule has 58 valence electrons. The van der Waals surface area contributed by atoms with Gasteiger partial charge in [0.15, 0.2) is 0 Å². The van der Waals surface area contributed by atoms with Crippen molar-refractivity contribution in [3.8, 4) is 0 Å². The summed E-state index contributed by atoms with van der Waals surface area (Å²) in [6.45, 7) is 0.853. The van der Waals surface area contributed by atoms with E-state index in [-0.39, 0.29) is 6.10 Å². The molecular weight excluding hydrogens is 243 g/mol. The summed E-state index contributed by atoms with van der Waals surface area (Å²) >= 11 is 2.38. The molecule has 10 heavy (non-hydrogen) atoms. The molecule has 0 aromatic heterocycles. The van der Waals surface area contributed by atoms with Crippen molar-refractivity contribution in [3.63, 3.8) is 0 Å². The first-order valence-electron chi connectivity index (χ1n) is 3.73. The van der Waals surface area contributed by atoms with Gasteiger partial charge >= 0.3 is 0 Å². The van der Waals surface area contributed by atoms with Gasteiger partial charge in [-0.3, -0.25) is 0 Å². The van der Waals surface area contributed by atoms with Gasteiger partial charge < -0.3 is 9.84 Å². The van der Waals surface area contributed by atoms with Crippen LogP contribution in [0.25, 0.3) is 0 Å². The minimum absolute atomic E-state index is 0.0885. The molecule has 0 aromatic rings. The van der Waals surface area contributed by atoms with E-state index >= 15 is 0 Å². The van der Waals surface area contributed by atoms with E-state index < -0.39 is 0 Å². The Morgan fingerprint density at radius 2 is 2.30 bits per heavy atom. The standard InChI is InChI=1S/C7H11IO2/c8-5-3-6(9)4-1-2-10-7(4)5/h4-7,9H,1-3H2/t4-,5?,6-,7+/m0/s1. The Kier molecular flexibility index (Phi) is 1.90. The summed E-state index contributed by atoms with van der Waals surface area (Å²) < 4.78 is 6.03. The fraction of sp³-hybridized carbons (Fsp3) is 1.00. The molecule has 2 aliphatic rings. The van der Waals surface area contributed by atoms with Crippen molar-refractivity contribution < 1.29 is 9.84 Å². The third-order valence-electron chi connectivity index (χ3n) is 2.50. The predicted octanol–water partition coefficient (Wildman–Crippen LogP) is 0.960. The molecule has 1 aliphatic carbocycles. The van der Waals surface area contributed by atoms with Gasteiger partial charge in [0, 0.05) is 16.4 Å². The van der Waals surface area contributed by atoms with Crippen molar-refractivity contribution in [2.24, 2.45) is 5.92 Å². The third-order valence-corrected chi connectivity index (χ3v) is 3.72. The molecule has 0 radical (unpaired) electrons. The second-order valence-corrected chi connectivity index (χ2v) is 4.71. The molecule has 1 aliphatic heterocycles. The number of aliphatic hydroxyl groups is 1. The van der Waals surface area contributed by atoms with Crippen LogP contribution < -0.4 is 0 Å². The fourth-order valence-electron chi connectivity index (χ4n) is 1.95. The molecule has 2 fully saturated rings. The zero-order chi connectivity index (χ0) is 7.14. The highest BCUT2D eigenvalue weighted by atomic mass is 127. The zero-order valence-corrected chi connectivity index (χ0v) is 7.82. The Morgan fingerprint density at radius 1 is 1.50 bits per heavy atom. The minimum atomic E-state index is -0.0885. The Balaban J connectivity index is 2.11. The number of rotatable bonds is 0. The average molecular weight is 254 g/mol. The SMILES string of the molecule is O[C@H]1CC(I)[C@@H]2OCC[C@@H]12. The van der Waals surface area contributed by atoms with Gasteiger partial charge in [0.2, 0.25) is 0 Å². The number of ether oxygens (including phenoxy) is 1. The second kappa shape index (κ2) is 2.60. The van der Waals surface area contributed by atoms with Gasteiger partial charge in [0.25, 0.3) is 0 Å². The first-order chi connectivity index (χ1) is 4.79. The van der Waals surface area contributed by atoms with E-state index in [0.29, 0.717) is 15.9 Å². The molecule has 2 nitrogen and oxygen atoms in total. The molecular formula is C7H11IO2. The van der Waals surface area contributed by atoms with E-state index in [1.165, 1.54) is 0 Å². The first-order valence-corrected chi connectivity index (χ1v) is 4.97. The summed E-state index contributed by atoms with van der Waals surface area (Å²) in [5.74, 6) is 0.446. The van der Waals surface area contributed by atoms with Crippen LogP contribution in [0.5, 0.6) is 0 Å². The summed E-state index contributed by atoms with van der Waals surface area (Å²) in [6.07, 6.45) is 2.26. The molecule has 1 unspecified atom stereocenters. The van der Waals surface area contributed by atoms with Crippen molar-refractivity contribution in [3.05, 3.63) is 0 Å². The van der Waals surface area contributed by atoms with Crippen LogP contribution in [-0.2, 0) is 4.74 Å².